The third kappa shape index (κ3) is 5.79. The standard InChI is InChI=1S/C21H31NO2/c1-3-22(4-2)16-17-24-21(23)20(19-12-8-9-13-19)15-14-18-10-6-5-7-11-18/h5-8,10-12,19-20H,3-4,9,13-17H2,1-2H3. The van der Waals surface area contributed by atoms with E-state index in [-0.39, 0.29) is 11.9 Å². The van der Waals surface area contributed by atoms with Crippen LogP contribution in [0.3, 0.4) is 0 Å². The van der Waals surface area contributed by atoms with Crippen molar-refractivity contribution in [1.29, 1.82) is 0 Å². The van der Waals surface area contributed by atoms with Crippen LogP contribution in [-0.2, 0) is 16.0 Å². The molecule has 0 N–H and O–H groups in total. The average molecular weight is 329 g/mol. The number of allylic oxidation sites excluding steroid dienone is 2. The maximum Gasteiger partial charge on any atom is 0.309 e. The number of benzene rings is 1. The Morgan fingerprint density at radius 3 is 2.62 bits per heavy atom. The predicted octanol–water partition coefficient (Wildman–Crippen LogP) is 4.09. The SMILES string of the molecule is CCN(CC)CCOC(=O)C(CCc1ccccc1)C1C=CCC1. The van der Waals surface area contributed by atoms with Gasteiger partial charge in [-0.05, 0) is 50.3 Å². The van der Waals surface area contributed by atoms with Crippen LogP contribution in [0.1, 0.15) is 38.7 Å². The second kappa shape index (κ2) is 10.3. The maximum absolute atomic E-state index is 12.6. The lowest BCUT2D eigenvalue weighted by Crippen LogP contribution is -2.30. The quantitative estimate of drug-likeness (QED) is 0.478. The molecule has 2 rings (SSSR count). The summed E-state index contributed by atoms with van der Waals surface area (Å²) in [4.78, 5) is 14.9. The Hall–Kier alpha value is -1.61. The molecular weight excluding hydrogens is 298 g/mol. The van der Waals surface area contributed by atoms with Crippen molar-refractivity contribution in [2.24, 2.45) is 11.8 Å². The van der Waals surface area contributed by atoms with E-state index in [1.165, 1.54) is 5.56 Å². The fourth-order valence-corrected chi connectivity index (χ4v) is 3.39. The van der Waals surface area contributed by atoms with Crippen LogP contribution in [-0.4, -0.2) is 37.1 Å². The van der Waals surface area contributed by atoms with Crippen molar-refractivity contribution >= 4 is 5.97 Å². The van der Waals surface area contributed by atoms with Crippen LogP contribution in [0, 0.1) is 11.8 Å². The van der Waals surface area contributed by atoms with Gasteiger partial charge in [0.15, 0.2) is 0 Å². The molecule has 0 aliphatic heterocycles. The summed E-state index contributed by atoms with van der Waals surface area (Å²) in [6.45, 7) is 7.59. The molecule has 1 aliphatic carbocycles. The number of nitrogens with zero attached hydrogens (tertiary/aromatic N) is 1. The summed E-state index contributed by atoms with van der Waals surface area (Å²) in [5.41, 5.74) is 1.29. The van der Waals surface area contributed by atoms with Crippen molar-refractivity contribution in [3.05, 3.63) is 48.0 Å². The Kier molecular flexibility index (Phi) is 8.03. The van der Waals surface area contributed by atoms with Crippen molar-refractivity contribution < 1.29 is 9.53 Å². The molecule has 2 unspecified atom stereocenters. The maximum atomic E-state index is 12.6. The first kappa shape index (κ1) is 18.7. The molecule has 0 aromatic heterocycles. The lowest BCUT2D eigenvalue weighted by Gasteiger charge is -2.23. The molecule has 2 atom stereocenters. The van der Waals surface area contributed by atoms with E-state index in [4.69, 9.17) is 4.74 Å². The first-order valence-corrected chi connectivity index (χ1v) is 9.34. The van der Waals surface area contributed by atoms with Gasteiger partial charge >= 0.3 is 5.97 Å². The number of likely N-dealkylation sites (N-methyl/N-ethyl adjacent to an activating group) is 1. The fourth-order valence-electron chi connectivity index (χ4n) is 3.39. The summed E-state index contributed by atoms with van der Waals surface area (Å²) in [6.07, 6.45) is 8.36. The van der Waals surface area contributed by atoms with Crippen LogP contribution < -0.4 is 0 Å². The minimum absolute atomic E-state index is 0.0133. The lowest BCUT2D eigenvalue weighted by molar-refractivity contribution is -0.150. The van der Waals surface area contributed by atoms with E-state index in [1.54, 1.807) is 0 Å². The van der Waals surface area contributed by atoms with Crippen molar-refractivity contribution in [3.8, 4) is 0 Å². The highest BCUT2D eigenvalue weighted by Gasteiger charge is 2.29. The van der Waals surface area contributed by atoms with Gasteiger partial charge < -0.3 is 9.64 Å². The molecular formula is C21H31NO2. The van der Waals surface area contributed by atoms with Crippen LogP contribution in [0.25, 0.3) is 0 Å². The van der Waals surface area contributed by atoms with E-state index >= 15 is 0 Å². The van der Waals surface area contributed by atoms with Crippen LogP contribution in [0.2, 0.25) is 0 Å². The zero-order chi connectivity index (χ0) is 17.2. The number of hydrogen-bond donors (Lipinski definition) is 0. The van der Waals surface area contributed by atoms with Gasteiger partial charge in [-0.15, -0.1) is 0 Å². The molecule has 24 heavy (non-hydrogen) atoms. The van der Waals surface area contributed by atoms with Crippen LogP contribution in [0.4, 0.5) is 0 Å². The van der Waals surface area contributed by atoms with Crippen molar-refractivity contribution in [2.45, 2.75) is 39.5 Å². The third-order valence-electron chi connectivity index (χ3n) is 5.00. The van der Waals surface area contributed by atoms with Crippen LogP contribution in [0.5, 0.6) is 0 Å². The summed E-state index contributed by atoms with van der Waals surface area (Å²) in [5, 5.41) is 0. The summed E-state index contributed by atoms with van der Waals surface area (Å²) >= 11 is 0. The largest absolute Gasteiger partial charge is 0.464 e. The first-order valence-electron chi connectivity index (χ1n) is 9.34. The fraction of sp³-hybridized carbons (Fsp3) is 0.571. The molecule has 3 heteroatoms. The summed E-state index contributed by atoms with van der Waals surface area (Å²) in [7, 11) is 0. The Morgan fingerprint density at radius 1 is 1.25 bits per heavy atom. The van der Waals surface area contributed by atoms with Gasteiger partial charge in [0.1, 0.15) is 6.61 Å². The van der Waals surface area contributed by atoms with Gasteiger partial charge in [0, 0.05) is 6.54 Å². The van der Waals surface area contributed by atoms with Gasteiger partial charge in [0.2, 0.25) is 0 Å². The predicted molar refractivity (Wildman–Crippen MR) is 98.9 cm³/mol. The van der Waals surface area contributed by atoms with Crippen LogP contribution in [0.15, 0.2) is 42.5 Å². The normalized spacial score (nSPS) is 18.0. The van der Waals surface area contributed by atoms with Gasteiger partial charge in [-0.3, -0.25) is 4.79 Å². The molecule has 3 nitrogen and oxygen atoms in total. The lowest BCUT2D eigenvalue weighted by atomic mass is 9.87. The minimum atomic E-state index is -0.0189. The molecule has 1 aliphatic rings. The number of aryl methyl sites for hydroxylation is 1. The van der Waals surface area contributed by atoms with Gasteiger partial charge in [0.05, 0.1) is 5.92 Å². The Labute approximate surface area is 146 Å². The summed E-state index contributed by atoms with van der Waals surface area (Å²) in [5.74, 6) is 0.310. The highest BCUT2D eigenvalue weighted by molar-refractivity contribution is 5.73. The monoisotopic (exact) mass is 329 g/mol. The van der Waals surface area contributed by atoms with E-state index in [9.17, 15) is 4.79 Å². The molecule has 0 saturated carbocycles. The van der Waals surface area contributed by atoms with Crippen molar-refractivity contribution in [1.82, 2.24) is 4.90 Å². The number of carbonyl (C=O) groups excluding carboxylic acids is 1. The third-order valence-corrected chi connectivity index (χ3v) is 5.00. The number of rotatable bonds is 10. The van der Waals surface area contributed by atoms with Crippen molar-refractivity contribution in [2.75, 3.05) is 26.2 Å². The van der Waals surface area contributed by atoms with Gasteiger partial charge in [-0.2, -0.15) is 0 Å². The van der Waals surface area contributed by atoms with Gasteiger partial charge in [-0.1, -0.05) is 56.3 Å². The molecule has 0 radical (unpaired) electrons. The van der Waals surface area contributed by atoms with Gasteiger partial charge in [0.25, 0.3) is 0 Å². The topological polar surface area (TPSA) is 29.5 Å². The molecule has 1 aromatic rings. The molecule has 0 heterocycles. The van der Waals surface area contributed by atoms with E-state index in [0.29, 0.717) is 12.5 Å². The van der Waals surface area contributed by atoms with E-state index in [0.717, 1.165) is 45.3 Å². The summed E-state index contributed by atoms with van der Waals surface area (Å²) in [6, 6.07) is 10.4. The minimum Gasteiger partial charge on any atom is -0.464 e. The Balaban J connectivity index is 1.87. The highest BCUT2D eigenvalue weighted by atomic mass is 16.5. The molecule has 0 spiro atoms. The molecule has 0 bridgehead atoms. The van der Waals surface area contributed by atoms with E-state index < -0.39 is 0 Å². The van der Waals surface area contributed by atoms with E-state index in [1.807, 2.05) is 6.07 Å². The molecule has 0 fully saturated rings. The number of esters is 1. The molecule has 0 saturated heterocycles. The van der Waals surface area contributed by atoms with E-state index in [2.05, 4.69) is 55.2 Å². The molecule has 132 valence electrons. The Morgan fingerprint density at radius 2 is 2.00 bits per heavy atom. The van der Waals surface area contributed by atoms with Crippen molar-refractivity contribution in [3.63, 3.8) is 0 Å². The zero-order valence-corrected chi connectivity index (χ0v) is 15.1. The second-order valence-electron chi connectivity index (χ2n) is 6.49. The zero-order valence-electron chi connectivity index (χ0n) is 15.1. The van der Waals surface area contributed by atoms with Crippen LogP contribution >= 0.6 is 0 Å². The second-order valence-corrected chi connectivity index (χ2v) is 6.49. The number of hydrogen-bond acceptors (Lipinski definition) is 3. The number of carbonyl (C=O) groups is 1. The first-order chi connectivity index (χ1) is 11.7. The molecule has 0 amide bonds. The molecule has 1 aromatic carbocycles. The average Bonchev–Trinajstić information content (AvgIpc) is 3.14. The highest BCUT2D eigenvalue weighted by Crippen LogP contribution is 2.29. The Bertz CT molecular complexity index is 508. The number of ether oxygens (including phenoxy) is 1. The smallest absolute Gasteiger partial charge is 0.309 e. The van der Waals surface area contributed by atoms with Gasteiger partial charge in [-0.25, -0.2) is 0 Å². The summed E-state index contributed by atoms with van der Waals surface area (Å²) < 4.78 is 5.62.